The molecule has 0 spiro atoms. The lowest BCUT2D eigenvalue weighted by molar-refractivity contribution is -0.118. The van der Waals surface area contributed by atoms with Crippen LogP contribution in [0.1, 0.15) is 11.1 Å². The van der Waals surface area contributed by atoms with Crippen molar-refractivity contribution in [1.82, 2.24) is 4.98 Å². The number of carbonyl (C=O) groups is 1. The molecule has 0 aliphatic rings. The van der Waals surface area contributed by atoms with Crippen LogP contribution >= 0.6 is 38.9 Å². The van der Waals surface area contributed by atoms with Crippen LogP contribution in [0.15, 0.2) is 40.2 Å². The summed E-state index contributed by atoms with van der Waals surface area (Å²) in [4.78, 5) is 16.5. The van der Waals surface area contributed by atoms with Gasteiger partial charge < -0.3 is 4.74 Å². The number of benzene rings is 2. The normalized spacial score (nSPS) is 10.7. The average Bonchev–Trinajstić information content (AvgIpc) is 3.11. The van der Waals surface area contributed by atoms with Gasteiger partial charge in [-0.05, 0) is 71.2 Å². The molecule has 0 aliphatic carbocycles. The van der Waals surface area contributed by atoms with Gasteiger partial charge in [-0.3, -0.25) is 10.1 Å². The summed E-state index contributed by atoms with van der Waals surface area (Å²) >= 11 is 10.9. The zero-order valence-corrected chi connectivity index (χ0v) is 17.6. The molecule has 0 saturated heterocycles. The predicted octanol–water partition coefficient (Wildman–Crippen LogP) is 6.00. The van der Waals surface area contributed by atoms with Crippen molar-refractivity contribution >= 4 is 49.9 Å². The molecule has 0 radical (unpaired) electrons. The van der Waals surface area contributed by atoms with Crippen molar-refractivity contribution in [3.8, 4) is 17.0 Å². The number of hydrogen-bond acceptors (Lipinski definition) is 4. The number of aromatic nitrogens is 1. The second kappa shape index (κ2) is 8.37. The number of halogens is 3. The molecule has 3 aromatic rings. The molecule has 0 atom stereocenters. The SMILES string of the molecule is Cc1cc(OCC(=O)Nc2nc(-c3ccc(F)cc3)cs2)c(Br)c(C)c1Cl. The molecule has 0 unspecified atom stereocenters. The van der Waals surface area contributed by atoms with Crippen molar-refractivity contribution in [2.24, 2.45) is 0 Å². The highest BCUT2D eigenvalue weighted by Crippen LogP contribution is 2.35. The second-order valence-corrected chi connectivity index (χ2v) is 7.86. The Bertz CT molecular complexity index is 992. The molecule has 0 fully saturated rings. The standard InChI is InChI=1S/C19H15BrClFN2O2S/c1-10-7-15(17(20)11(2)18(10)21)26-8-16(25)24-19-23-14(9-27-19)12-3-5-13(22)6-4-12/h3-7,9H,8H2,1-2H3,(H,23,24,25). The third kappa shape index (κ3) is 4.66. The van der Waals surface area contributed by atoms with Gasteiger partial charge in [-0.25, -0.2) is 9.37 Å². The summed E-state index contributed by atoms with van der Waals surface area (Å²) in [5, 5.41) is 5.61. The number of hydrogen-bond donors (Lipinski definition) is 1. The van der Waals surface area contributed by atoms with Crippen molar-refractivity contribution in [1.29, 1.82) is 0 Å². The van der Waals surface area contributed by atoms with Crippen molar-refractivity contribution in [2.75, 3.05) is 11.9 Å². The van der Waals surface area contributed by atoms with E-state index in [1.165, 1.54) is 23.5 Å². The molecule has 1 N–H and O–H groups in total. The fraction of sp³-hybridized carbons (Fsp3) is 0.158. The summed E-state index contributed by atoms with van der Waals surface area (Å²) in [6, 6.07) is 7.80. The van der Waals surface area contributed by atoms with E-state index in [1.54, 1.807) is 23.6 Å². The first-order valence-corrected chi connectivity index (χ1v) is 9.99. The number of aryl methyl sites for hydroxylation is 1. The number of anilines is 1. The van der Waals surface area contributed by atoms with Crippen molar-refractivity contribution in [3.63, 3.8) is 0 Å². The third-order valence-corrected chi connectivity index (χ3v) is 6.14. The first kappa shape index (κ1) is 19.8. The van der Waals surface area contributed by atoms with Crippen LogP contribution in [0.4, 0.5) is 9.52 Å². The summed E-state index contributed by atoms with van der Waals surface area (Å²) in [7, 11) is 0. The van der Waals surface area contributed by atoms with Crippen LogP contribution in [0.5, 0.6) is 5.75 Å². The van der Waals surface area contributed by atoms with E-state index >= 15 is 0 Å². The molecule has 0 aliphatic heterocycles. The Kier molecular flexibility index (Phi) is 6.14. The van der Waals surface area contributed by atoms with E-state index in [2.05, 4.69) is 26.2 Å². The quantitative estimate of drug-likeness (QED) is 0.498. The molecule has 2 aromatic carbocycles. The smallest absolute Gasteiger partial charge is 0.264 e. The maximum atomic E-state index is 13.0. The monoisotopic (exact) mass is 468 g/mol. The topological polar surface area (TPSA) is 51.2 Å². The van der Waals surface area contributed by atoms with E-state index in [0.29, 0.717) is 21.6 Å². The van der Waals surface area contributed by atoms with Gasteiger partial charge in [-0.1, -0.05) is 11.6 Å². The van der Waals surface area contributed by atoms with Gasteiger partial charge in [0.25, 0.3) is 5.91 Å². The van der Waals surface area contributed by atoms with Crippen LogP contribution in [0.2, 0.25) is 5.02 Å². The maximum absolute atomic E-state index is 13.0. The van der Waals surface area contributed by atoms with Gasteiger partial charge in [-0.2, -0.15) is 0 Å². The van der Waals surface area contributed by atoms with Crippen LogP contribution in [0, 0.1) is 19.7 Å². The van der Waals surface area contributed by atoms with Gasteiger partial charge in [-0.15, -0.1) is 11.3 Å². The van der Waals surface area contributed by atoms with Gasteiger partial charge in [0, 0.05) is 16.0 Å². The van der Waals surface area contributed by atoms with Gasteiger partial charge in [0.05, 0.1) is 10.2 Å². The van der Waals surface area contributed by atoms with E-state index < -0.39 is 0 Å². The van der Waals surface area contributed by atoms with Crippen LogP contribution in [0.3, 0.4) is 0 Å². The highest BCUT2D eigenvalue weighted by Gasteiger charge is 2.13. The average molecular weight is 470 g/mol. The zero-order valence-electron chi connectivity index (χ0n) is 14.5. The highest BCUT2D eigenvalue weighted by molar-refractivity contribution is 9.10. The molecular formula is C19H15BrClFN2O2S. The Morgan fingerprint density at radius 3 is 2.74 bits per heavy atom. The van der Waals surface area contributed by atoms with Gasteiger partial charge in [0.2, 0.25) is 0 Å². The number of carbonyl (C=O) groups excluding carboxylic acids is 1. The van der Waals surface area contributed by atoms with Gasteiger partial charge >= 0.3 is 0 Å². The highest BCUT2D eigenvalue weighted by atomic mass is 79.9. The maximum Gasteiger partial charge on any atom is 0.264 e. The van der Waals surface area contributed by atoms with E-state index in [4.69, 9.17) is 16.3 Å². The Balaban J connectivity index is 1.63. The number of nitrogens with one attached hydrogen (secondary N) is 1. The molecular weight excluding hydrogens is 455 g/mol. The first-order chi connectivity index (χ1) is 12.8. The van der Waals surface area contributed by atoms with E-state index in [0.717, 1.165) is 21.2 Å². The number of rotatable bonds is 5. The number of thiazole rings is 1. The van der Waals surface area contributed by atoms with Gasteiger partial charge in [0.1, 0.15) is 11.6 Å². The summed E-state index contributed by atoms with van der Waals surface area (Å²) in [6.45, 7) is 3.59. The number of ether oxygens (including phenoxy) is 1. The van der Waals surface area contributed by atoms with E-state index in [9.17, 15) is 9.18 Å². The minimum atomic E-state index is -0.327. The summed E-state index contributed by atoms with van der Waals surface area (Å²) in [5.74, 6) is -0.0821. The zero-order chi connectivity index (χ0) is 19.6. The van der Waals surface area contributed by atoms with Crippen LogP contribution in [-0.2, 0) is 4.79 Å². The second-order valence-electron chi connectivity index (χ2n) is 5.83. The lowest BCUT2D eigenvalue weighted by Gasteiger charge is -2.12. The molecule has 8 heteroatoms. The first-order valence-electron chi connectivity index (χ1n) is 7.94. The Labute approximate surface area is 173 Å². The van der Waals surface area contributed by atoms with Crippen LogP contribution < -0.4 is 10.1 Å². The Hall–Kier alpha value is -1.96. The van der Waals surface area contributed by atoms with Crippen molar-refractivity contribution in [2.45, 2.75) is 13.8 Å². The lowest BCUT2D eigenvalue weighted by Crippen LogP contribution is -2.20. The Morgan fingerprint density at radius 2 is 2.04 bits per heavy atom. The van der Waals surface area contributed by atoms with Crippen molar-refractivity contribution < 1.29 is 13.9 Å². The summed E-state index contributed by atoms with van der Waals surface area (Å²) < 4.78 is 19.3. The molecule has 140 valence electrons. The molecule has 1 heterocycles. The van der Waals surface area contributed by atoms with Crippen LogP contribution in [-0.4, -0.2) is 17.5 Å². The van der Waals surface area contributed by atoms with E-state index in [1.807, 2.05) is 13.8 Å². The van der Waals surface area contributed by atoms with Crippen molar-refractivity contribution in [3.05, 3.63) is 62.2 Å². The van der Waals surface area contributed by atoms with Gasteiger partial charge in [0.15, 0.2) is 11.7 Å². The summed E-state index contributed by atoms with van der Waals surface area (Å²) in [5.41, 5.74) is 3.18. The molecule has 0 bridgehead atoms. The predicted molar refractivity (Wildman–Crippen MR) is 110 cm³/mol. The summed E-state index contributed by atoms with van der Waals surface area (Å²) in [6.07, 6.45) is 0. The largest absolute Gasteiger partial charge is 0.483 e. The number of amides is 1. The fourth-order valence-electron chi connectivity index (χ4n) is 2.39. The molecule has 4 nitrogen and oxygen atoms in total. The molecule has 0 saturated carbocycles. The minimum Gasteiger partial charge on any atom is -0.483 e. The number of nitrogens with zero attached hydrogens (tertiary/aromatic N) is 1. The molecule has 27 heavy (non-hydrogen) atoms. The molecule has 1 amide bonds. The van der Waals surface area contributed by atoms with E-state index in [-0.39, 0.29) is 18.3 Å². The lowest BCUT2D eigenvalue weighted by atomic mass is 10.1. The van der Waals surface area contributed by atoms with Crippen LogP contribution in [0.25, 0.3) is 11.3 Å². The fourth-order valence-corrected chi connectivity index (χ4v) is 3.81. The minimum absolute atomic E-state index is 0.162. The molecule has 1 aromatic heterocycles. The Morgan fingerprint density at radius 1 is 1.33 bits per heavy atom. The molecule has 3 rings (SSSR count). The third-order valence-electron chi connectivity index (χ3n) is 3.82.